The first-order chi connectivity index (χ1) is 8.20. The third kappa shape index (κ3) is 3.19. The van der Waals surface area contributed by atoms with Crippen molar-refractivity contribution in [3.63, 3.8) is 0 Å². The Morgan fingerprint density at radius 2 is 1.88 bits per heavy atom. The lowest BCUT2D eigenvalue weighted by Gasteiger charge is -2.38. The lowest BCUT2D eigenvalue weighted by molar-refractivity contribution is -0.138. The summed E-state index contributed by atoms with van der Waals surface area (Å²) in [5.41, 5.74) is 0. The zero-order valence-corrected chi connectivity index (χ0v) is 11.2. The third-order valence-corrected chi connectivity index (χ3v) is 4.10. The number of hydrogen-bond donors (Lipinski definition) is 0. The van der Waals surface area contributed by atoms with Gasteiger partial charge in [0, 0.05) is 32.7 Å². The second-order valence-electron chi connectivity index (χ2n) is 5.36. The van der Waals surface area contributed by atoms with Crippen molar-refractivity contribution in [1.82, 2.24) is 14.7 Å². The topological polar surface area (TPSA) is 26.8 Å². The molecule has 4 nitrogen and oxygen atoms in total. The summed E-state index contributed by atoms with van der Waals surface area (Å²) >= 11 is 0. The SMILES string of the molecule is CCN1CCN(C(=O)[C@@H]2CCCN(C)C2)CC1. The average molecular weight is 239 g/mol. The van der Waals surface area contributed by atoms with E-state index < -0.39 is 0 Å². The highest BCUT2D eigenvalue weighted by Gasteiger charge is 2.29. The van der Waals surface area contributed by atoms with Crippen LogP contribution in [0.3, 0.4) is 0 Å². The molecule has 0 aromatic heterocycles. The van der Waals surface area contributed by atoms with Gasteiger partial charge >= 0.3 is 0 Å². The zero-order chi connectivity index (χ0) is 12.3. The van der Waals surface area contributed by atoms with Crippen LogP contribution in [-0.4, -0.2) is 73.5 Å². The molecular formula is C13H25N3O. The molecule has 0 N–H and O–H groups in total. The predicted molar refractivity (Wildman–Crippen MR) is 68.9 cm³/mol. The molecule has 0 bridgehead atoms. The van der Waals surface area contributed by atoms with Gasteiger partial charge in [0.25, 0.3) is 0 Å². The molecule has 1 atom stereocenters. The molecule has 0 radical (unpaired) electrons. The van der Waals surface area contributed by atoms with Gasteiger partial charge in [0.1, 0.15) is 0 Å². The van der Waals surface area contributed by atoms with Crippen LogP contribution < -0.4 is 0 Å². The van der Waals surface area contributed by atoms with E-state index in [1.54, 1.807) is 0 Å². The number of rotatable bonds is 2. The van der Waals surface area contributed by atoms with Gasteiger partial charge in [0.15, 0.2) is 0 Å². The zero-order valence-electron chi connectivity index (χ0n) is 11.2. The van der Waals surface area contributed by atoms with Crippen LogP contribution in [0.15, 0.2) is 0 Å². The first kappa shape index (κ1) is 12.8. The number of carbonyl (C=O) groups is 1. The first-order valence-corrected chi connectivity index (χ1v) is 6.90. The molecule has 2 heterocycles. The number of carbonyl (C=O) groups excluding carboxylic acids is 1. The molecule has 0 aliphatic carbocycles. The van der Waals surface area contributed by atoms with Gasteiger partial charge in [-0.25, -0.2) is 0 Å². The Kier molecular flexibility index (Phi) is 4.40. The van der Waals surface area contributed by atoms with Gasteiger partial charge < -0.3 is 14.7 Å². The standard InChI is InChI=1S/C13H25N3O/c1-3-15-7-9-16(10-8-15)13(17)12-5-4-6-14(2)11-12/h12H,3-11H2,1-2H3/t12-/m1/s1. The number of piperazine rings is 1. The Balaban J connectivity index is 1.83. The molecule has 2 aliphatic heterocycles. The maximum absolute atomic E-state index is 12.4. The van der Waals surface area contributed by atoms with E-state index in [0.29, 0.717) is 5.91 Å². The number of hydrogen-bond acceptors (Lipinski definition) is 3. The Morgan fingerprint density at radius 3 is 2.47 bits per heavy atom. The quantitative estimate of drug-likeness (QED) is 0.702. The minimum Gasteiger partial charge on any atom is -0.340 e. The van der Waals surface area contributed by atoms with E-state index in [4.69, 9.17) is 0 Å². The average Bonchev–Trinajstić information content (AvgIpc) is 2.38. The monoisotopic (exact) mass is 239 g/mol. The Hall–Kier alpha value is -0.610. The second-order valence-corrected chi connectivity index (χ2v) is 5.36. The van der Waals surface area contributed by atoms with Crippen LogP contribution in [0, 0.1) is 5.92 Å². The first-order valence-electron chi connectivity index (χ1n) is 6.90. The van der Waals surface area contributed by atoms with E-state index in [-0.39, 0.29) is 5.92 Å². The molecule has 4 heteroatoms. The molecule has 17 heavy (non-hydrogen) atoms. The minimum atomic E-state index is 0.252. The van der Waals surface area contributed by atoms with Crippen molar-refractivity contribution in [3.8, 4) is 0 Å². The molecule has 98 valence electrons. The van der Waals surface area contributed by atoms with Crippen molar-refractivity contribution in [2.45, 2.75) is 19.8 Å². The summed E-state index contributed by atoms with van der Waals surface area (Å²) in [6, 6.07) is 0. The van der Waals surface area contributed by atoms with Gasteiger partial charge in [-0.1, -0.05) is 6.92 Å². The molecule has 2 rings (SSSR count). The van der Waals surface area contributed by atoms with E-state index >= 15 is 0 Å². The summed E-state index contributed by atoms with van der Waals surface area (Å²) in [6.07, 6.45) is 2.25. The van der Waals surface area contributed by atoms with E-state index in [2.05, 4.69) is 28.7 Å². The van der Waals surface area contributed by atoms with Gasteiger partial charge in [-0.2, -0.15) is 0 Å². The number of likely N-dealkylation sites (N-methyl/N-ethyl adjacent to an activating group) is 1. The molecule has 2 saturated heterocycles. The Labute approximate surface area is 105 Å². The molecule has 2 fully saturated rings. The third-order valence-electron chi connectivity index (χ3n) is 4.10. The summed E-state index contributed by atoms with van der Waals surface area (Å²) in [5, 5.41) is 0. The van der Waals surface area contributed by atoms with Crippen LogP contribution in [0.25, 0.3) is 0 Å². The molecule has 2 aliphatic rings. The lowest BCUT2D eigenvalue weighted by Crippen LogP contribution is -2.52. The summed E-state index contributed by atoms with van der Waals surface area (Å²) in [7, 11) is 2.12. The summed E-state index contributed by atoms with van der Waals surface area (Å²) in [6.45, 7) is 9.33. The van der Waals surface area contributed by atoms with E-state index in [9.17, 15) is 4.79 Å². The molecule has 0 saturated carbocycles. The van der Waals surface area contributed by atoms with E-state index in [1.165, 1.54) is 6.42 Å². The fourth-order valence-corrected chi connectivity index (χ4v) is 2.91. The maximum Gasteiger partial charge on any atom is 0.227 e. The maximum atomic E-state index is 12.4. The lowest BCUT2D eigenvalue weighted by atomic mass is 9.96. The van der Waals surface area contributed by atoms with Crippen molar-refractivity contribution in [3.05, 3.63) is 0 Å². The fraction of sp³-hybridized carbons (Fsp3) is 0.923. The fourth-order valence-electron chi connectivity index (χ4n) is 2.91. The molecular weight excluding hydrogens is 214 g/mol. The smallest absolute Gasteiger partial charge is 0.227 e. The molecule has 0 aromatic rings. The molecule has 0 aromatic carbocycles. The van der Waals surface area contributed by atoms with E-state index in [0.717, 1.165) is 52.2 Å². The molecule has 1 amide bonds. The van der Waals surface area contributed by atoms with Gasteiger partial charge in [-0.3, -0.25) is 4.79 Å². The summed E-state index contributed by atoms with van der Waals surface area (Å²) in [5.74, 6) is 0.647. The minimum absolute atomic E-state index is 0.252. The van der Waals surface area contributed by atoms with Crippen LogP contribution in [-0.2, 0) is 4.79 Å². The highest BCUT2D eigenvalue weighted by atomic mass is 16.2. The number of likely N-dealkylation sites (tertiary alicyclic amines) is 1. The Bertz CT molecular complexity index is 261. The van der Waals surface area contributed by atoms with Crippen molar-refractivity contribution in [2.24, 2.45) is 5.92 Å². The van der Waals surface area contributed by atoms with Crippen LogP contribution in [0.4, 0.5) is 0 Å². The van der Waals surface area contributed by atoms with Gasteiger partial charge in [0.2, 0.25) is 5.91 Å². The van der Waals surface area contributed by atoms with Crippen molar-refractivity contribution in [1.29, 1.82) is 0 Å². The van der Waals surface area contributed by atoms with Crippen LogP contribution in [0.1, 0.15) is 19.8 Å². The van der Waals surface area contributed by atoms with Gasteiger partial charge in [-0.05, 0) is 33.0 Å². The van der Waals surface area contributed by atoms with Crippen LogP contribution in [0.5, 0.6) is 0 Å². The van der Waals surface area contributed by atoms with Crippen molar-refractivity contribution >= 4 is 5.91 Å². The van der Waals surface area contributed by atoms with Gasteiger partial charge in [0.05, 0.1) is 5.92 Å². The van der Waals surface area contributed by atoms with Crippen LogP contribution in [0.2, 0.25) is 0 Å². The highest BCUT2D eigenvalue weighted by molar-refractivity contribution is 5.79. The van der Waals surface area contributed by atoms with Crippen LogP contribution >= 0.6 is 0 Å². The van der Waals surface area contributed by atoms with Crippen molar-refractivity contribution in [2.75, 3.05) is 52.9 Å². The summed E-state index contributed by atoms with van der Waals surface area (Å²) < 4.78 is 0. The number of amides is 1. The number of nitrogens with zero attached hydrogens (tertiary/aromatic N) is 3. The summed E-state index contributed by atoms with van der Waals surface area (Å²) in [4.78, 5) is 19.2. The molecule has 0 spiro atoms. The van der Waals surface area contributed by atoms with Crippen molar-refractivity contribution < 1.29 is 4.79 Å². The van der Waals surface area contributed by atoms with E-state index in [1.807, 2.05) is 0 Å². The second kappa shape index (κ2) is 5.83. The number of piperidine rings is 1. The highest BCUT2D eigenvalue weighted by Crippen LogP contribution is 2.18. The normalized spacial score (nSPS) is 28.4. The Morgan fingerprint density at radius 1 is 1.18 bits per heavy atom. The predicted octanol–water partition coefficient (Wildman–Crippen LogP) is 0.492. The molecule has 0 unspecified atom stereocenters. The largest absolute Gasteiger partial charge is 0.340 e. The van der Waals surface area contributed by atoms with Gasteiger partial charge in [-0.15, -0.1) is 0 Å².